The van der Waals surface area contributed by atoms with Crippen molar-refractivity contribution in [2.45, 2.75) is 122 Å². The third kappa shape index (κ3) is 9.83. The summed E-state index contributed by atoms with van der Waals surface area (Å²) in [5.74, 6) is -0.141. The number of aryl methyl sites for hydroxylation is 1. The van der Waals surface area contributed by atoms with Gasteiger partial charge in [0.25, 0.3) is 0 Å². The van der Waals surface area contributed by atoms with Crippen LogP contribution < -0.4 is 0 Å². The fraction of sp³-hybridized carbons (Fsp3) is 0.442. The summed E-state index contributed by atoms with van der Waals surface area (Å²) in [5.41, 5.74) is 4.14. The van der Waals surface area contributed by atoms with E-state index in [-0.39, 0.29) is 22.7 Å². The average molecular weight is 867 g/mol. The number of ether oxygens (including phenoxy) is 3. The Labute approximate surface area is 375 Å². The van der Waals surface area contributed by atoms with Crippen molar-refractivity contribution >= 4 is 29.2 Å². The summed E-state index contributed by atoms with van der Waals surface area (Å²) in [7, 11) is 0. The summed E-state index contributed by atoms with van der Waals surface area (Å²) >= 11 is 1.77. The standard InChI is InChI=1S/C52H58N4O6S/c1-5-6-9-42-33-56-50(63-42)52(23-24-52)46(62-49(59)39-20-29-55-30-21-39)15-10-34(2)43-13-14-44-36(8-7-22-51(43,44)4)11-12-40-31-41(60-47(57)37-16-25-53-26-17-37)32-45(35(40)3)61-48(58)38-18-27-54-28-19-38/h10-12,15-21,25-30,33-34,41,43-46H,3,5-9,13-14,22-24,31-32H2,1-2,4H3/t34-,41-,43-,44+,45+,46-,51-/m1/s1. The minimum Gasteiger partial charge on any atom is -0.458 e. The molecule has 0 unspecified atom stereocenters. The van der Waals surface area contributed by atoms with Gasteiger partial charge in [0.2, 0.25) is 0 Å². The average Bonchev–Trinajstić information content (AvgIpc) is 3.82. The molecule has 4 aromatic rings. The highest BCUT2D eigenvalue weighted by atomic mass is 32.1. The van der Waals surface area contributed by atoms with E-state index in [0.29, 0.717) is 41.4 Å². The van der Waals surface area contributed by atoms with Gasteiger partial charge in [-0.05, 0) is 135 Å². The number of thiazole rings is 1. The lowest BCUT2D eigenvalue weighted by molar-refractivity contribution is 0.00210. The van der Waals surface area contributed by atoms with Crippen molar-refractivity contribution < 1.29 is 28.6 Å². The van der Waals surface area contributed by atoms with E-state index >= 15 is 0 Å². The summed E-state index contributed by atoms with van der Waals surface area (Å²) in [6, 6.07) is 9.91. The molecule has 4 aliphatic rings. The van der Waals surface area contributed by atoms with Crippen LogP contribution in [0.1, 0.15) is 132 Å². The normalized spacial score (nSPS) is 26.2. The third-order valence-electron chi connectivity index (χ3n) is 14.1. The van der Waals surface area contributed by atoms with Gasteiger partial charge in [0, 0.05) is 61.1 Å². The largest absolute Gasteiger partial charge is 0.458 e. The summed E-state index contributed by atoms with van der Waals surface area (Å²) in [6.45, 7) is 11.4. The number of hydrogen-bond acceptors (Lipinski definition) is 11. The molecule has 0 aromatic carbocycles. The summed E-state index contributed by atoms with van der Waals surface area (Å²) < 4.78 is 18.5. The first-order valence-corrected chi connectivity index (χ1v) is 23.4. The van der Waals surface area contributed by atoms with Gasteiger partial charge in [-0.2, -0.15) is 0 Å². The second kappa shape index (κ2) is 19.5. The molecule has 0 spiro atoms. The smallest absolute Gasteiger partial charge is 0.338 e. The fourth-order valence-electron chi connectivity index (χ4n) is 10.4. The number of hydrogen-bond donors (Lipinski definition) is 0. The molecule has 4 fully saturated rings. The first-order chi connectivity index (χ1) is 30.6. The molecule has 7 atom stereocenters. The van der Waals surface area contributed by atoms with Gasteiger partial charge in [0.1, 0.15) is 23.3 Å². The Morgan fingerprint density at radius 1 is 0.857 bits per heavy atom. The molecule has 10 nitrogen and oxygen atoms in total. The molecule has 4 aliphatic carbocycles. The second-order valence-corrected chi connectivity index (χ2v) is 19.2. The Morgan fingerprint density at radius 3 is 2.13 bits per heavy atom. The highest BCUT2D eigenvalue weighted by Crippen LogP contribution is 2.60. The van der Waals surface area contributed by atoms with Crippen molar-refractivity contribution in [3.05, 3.63) is 154 Å². The Hall–Kier alpha value is -5.55. The first-order valence-electron chi connectivity index (χ1n) is 22.6. The maximum absolute atomic E-state index is 13.6. The number of unbranched alkanes of at least 4 members (excludes halogenated alkanes) is 1. The Balaban J connectivity index is 1.01. The van der Waals surface area contributed by atoms with E-state index in [1.807, 2.05) is 6.20 Å². The maximum atomic E-state index is 13.6. The van der Waals surface area contributed by atoms with Crippen LogP contribution in [-0.4, -0.2) is 56.2 Å². The molecule has 11 heteroatoms. The van der Waals surface area contributed by atoms with Crippen LogP contribution in [0.25, 0.3) is 0 Å². The van der Waals surface area contributed by atoms with E-state index in [0.717, 1.165) is 80.4 Å². The van der Waals surface area contributed by atoms with Gasteiger partial charge < -0.3 is 14.2 Å². The lowest BCUT2D eigenvalue weighted by atomic mass is 9.61. The monoisotopic (exact) mass is 866 g/mol. The number of rotatable bonds is 15. The number of nitrogens with zero attached hydrogens (tertiary/aromatic N) is 4. The van der Waals surface area contributed by atoms with Crippen LogP contribution in [0.15, 0.2) is 127 Å². The zero-order valence-electron chi connectivity index (χ0n) is 36.6. The van der Waals surface area contributed by atoms with Crippen molar-refractivity contribution in [1.29, 1.82) is 0 Å². The van der Waals surface area contributed by atoms with Gasteiger partial charge in [-0.3, -0.25) is 15.0 Å². The maximum Gasteiger partial charge on any atom is 0.338 e. The van der Waals surface area contributed by atoms with Crippen LogP contribution in [0.3, 0.4) is 0 Å². The molecule has 63 heavy (non-hydrogen) atoms. The topological polar surface area (TPSA) is 130 Å². The summed E-state index contributed by atoms with van der Waals surface area (Å²) in [5, 5.41) is 1.07. The van der Waals surface area contributed by atoms with Gasteiger partial charge >= 0.3 is 17.9 Å². The number of aromatic nitrogens is 4. The van der Waals surface area contributed by atoms with Crippen molar-refractivity contribution in [2.75, 3.05) is 0 Å². The quantitative estimate of drug-likeness (QED) is 0.0646. The van der Waals surface area contributed by atoms with E-state index in [2.05, 4.69) is 66.6 Å². The second-order valence-electron chi connectivity index (χ2n) is 18.1. The highest BCUT2D eigenvalue weighted by molar-refractivity contribution is 7.11. The lowest BCUT2D eigenvalue weighted by Crippen LogP contribution is -2.36. The number of pyridine rings is 3. The van der Waals surface area contributed by atoms with Gasteiger partial charge in [-0.15, -0.1) is 11.3 Å². The fourth-order valence-corrected chi connectivity index (χ4v) is 11.6. The van der Waals surface area contributed by atoms with E-state index in [4.69, 9.17) is 19.2 Å². The van der Waals surface area contributed by atoms with Crippen LogP contribution in [-0.2, 0) is 26.0 Å². The molecule has 4 aromatic heterocycles. The van der Waals surface area contributed by atoms with Crippen LogP contribution in [0.2, 0.25) is 0 Å². The minimum absolute atomic E-state index is 0.0884. The molecule has 4 heterocycles. The van der Waals surface area contributed by atoms with Gasteiger partial charge in [0.15, 0.2) is 0 Å². The molecular weight excluding hydrogens is 809 g/mol. The molecule has 8 rings (SSSR count). The van der Waals surface area contributed by atoms with Gasteiger partial charge in [-0.25, -0.2) is 19.4 Å². The van der Waals surface area contributed by atoms with Crippen molar-refractivity contribution in [2.24, 2.45) is 23.2 Å². The molecule has 0 radical (unpaired) electrons. The zero-order valence-corrected chi connectivity index (χ0v) is 37.4. The molecule has 0 N–H and O–H groups in total. The van der Waals surface area contributed by atoms with Gasteiger partial charge in [0.05, 0.1) is 22.1 Å². The predicted octanol–water partition coefficient (Wildman–Crippen LogP) is 11.0. The number of esters is 3. The first kappa shape index (κ1) is 44.1. The van der Waals surface area contributed by atoms with Crippen molar-refractivity contribution in [3.8, 4) is 0 Å². The number of fused-ring (bicyclic) bond motifs is 1. The molecule has 0 aliphatic heterocycles. The van der Waals surface area contributed by atoms with Crippen LogP contribution in [0.4, 0.5) is 0 Å². The minimum atomic E-state index is -0.666. The predicted molar refractivity (Wildman–Crippen MR) is 243 cm³/mol. The Kier molecular flexibility index (Phi) is 13.6. The van der Waals surface area contributed by atoms with Gasteiger partial charge in [-0.1, -0.05) is 57.6 Å². The molecule has 4 saturated carbocycles. The number of carbonyl (C=O) groups is 3. The van der Waals surface area contributed by atoms with Crippen LogP contribution >= 0.6 is 11.3 Å². The molecule has 0 bridgehead atoms. The number of carbonyl (C=O) groups excluding carboxylic acids is 3. The Bertz CT molecular complexity index is 2360. The van der Waals surface area contributed by atoms with Crippen molar-refractivity contribution in [1.82, 2.24) is 19.9 Å². The molecule has 0 amide bonds. The van der Waals surface area contributed by atoms with E-state index in [1.165, 1.54) is 10.5 Å². The molecule has 0 saturated heterocycles. The van der Waals surface area contributed by atoms with E-state index in [9.17, 15) is 14.4 Å². The van der Waals surface area contributed by atoms with Crippen LogP contribution in [0.5, 0.6) is 0 Å². The third-order valence-corrected chi connectivity index (χ3v) is 15.4. The lowest BCUT2D eigenvalue weighted by Gasteiger charge is -2.44. The van der Waals surface area contributed by atoms with E-state index < -0.39 is 30.3 Å². The summed E-state index contributed by atoms with van der Waals surface area (Å²) in [6.07, 6.45) is 30.2. The van der Waals surface area contributed by atoms with Crippen LogP contribution in [0, 0.1) is 23.2 Å². The molecular formula is C52H58N4O6S. The number of allylic oxidation sites excluding steroid dienone is 4. The molecule has 328 valence electrons. The zero-order chi connectivity index (χ0) is 44.0. The highest BCUT2D eigenvalue weighted by Gasteiger charge is 2.55. The SMILES string of the molecule is C=C1C(=CC=C2CCC[C@]3(C)[C@@H]([C@H](C)C=C[C@@H](OC(=O)c4ccncc4)C4(c5ncc(CCCC)s5)CC4)CC[C@@H]23)C[C@@H](OC(=O)c2ccncc2)C[C@@H]1OC(=O)c1ccncc1. The van der Waals surface area contributed by atoms with Crippen molar-refractivity contribution in [3.63, 3.8) is 0 Å². The summed E-state index contributed by atoms with van der Waals surface area (Å²) in [4.78, 5) is 58.3. The van der Waals surface area contributed by atoms with E-state index in [1.54, 1.807) is 84.9 Å². The Morgan fingerprint density at radius 2 is 1.49 bits per heavy atom.